The first kappa shape index (κ1) is 38.4. The SMILES string of the molecule is COC(=O)c1cc(C(C)(C)C)c(C(O)(c2c(C(C)(C)C)cc(C(=O)OC)cc2C(C)(C)C)C(CO)(CO)CO)c(C(C)(C)C)c1. The lowest BCUT2D eigenvalue weighted by atomic mass is 9.56. The van der Waals surface area contributed by atoms with E-state index in [1.165, 1.54) is 14.2 Å². The van der Waals surface area contributed by atoms with Crippen LogP contribution in [0.2, 0.25) is 0 Å². The molecule has 0 aromatic heterocycles. The van der Waals surface area contributed by atoms with Crippen molar-refractivity contribution >= 4 is 11.9 Å². The summed E-state index contributed by atoms with van der Waals surface area (Å²) >= 11 is 0. The number of hydrogen-bond donors (Lipinski definition) is 4. The number of methoxy groups -OCH3 is 2. The van der Waals surface area contributed by atoms with Gasteiger partial charge in [0.15, 0.2) is 0 Å². The van der Waals surface area contributed by atoms with Gasteiger partial charge in [0.1, 0.15) is 5.60 Å². The Morgan fingerprint density at radius 2 is 0.756 bits per heavy atom. The van der Waals surface area contributed by atoms with E-state index in [-0.39, 0.29) is 11.1 Å². The lowest BCUT2D eigenvalue weighted by molar-refractivity contribution is -0.138. The van der Waals surface area contributed by atoms with Gasteiger partial charge in [-0.15, -0.1) is 0 Å². The molecule has 0 saturated carbocycles. The van der Waals surface area contributed by atoms with Gasteiger partial charge in [0.05, 0.1) is 50.6 Å². The van der Waals surface area contributed by atoms with Crippen LogP contribution in [0.1, 0.15) is 137 Å². The van der Waals surface area contributed by atoms with Gasteiger partial charge in [-0.1, -0.05) is 83.1 Å². The summed E-state index contributed by atoms with van der Waals surface area (Å²) in [7, 11) is 2.62. The lowest BCUT2D eigenvalue weighted by Gasteiger charge is -2.51. The first-order chi connectivity index (χ1) is 20.3. The summed E-state index contributed by atoms with van der Waals surface area (Å²) in [6.07, 6.45) is 0. The third-order valence-corrected chi connectivity index (χ3v) is 8.75. The Morgan fingerprint density at radius 1 is 0.533 bits per heavy atom. The fourth-order valence-electron chi connectivity index (χ4n) is 6.05. The molecule has 0 bridgehead atoms. The van der Waals surface area contributed by atoms with E-state index in [1.807, 2.05) is 83.1 Å². The Hall–Kier alpha value is -2.78. The monoisotopic (exact) mass is 628 g/mol. The standard InChI is InChI=1S/C37H56O8/c1-32(2,3)24-15-22(30(41)44-13)16-25(33(4,5)6)28(24)37(43,36(19-38,20-39)21-40)29-26(34(7,8)9)17-23(31(42)45-14)18-27(29)35(10,11)12/h15-18,38-40,43H,19-21H2,1-14H3. The highest BCUT2D eigenvalue weighted by Crippen LogP contribution is 2.55. The molecule has 0 atom stereocenters. The maximum Gasteiger partial charge on any atom is 0.337 e. The predicted molar refractivity (Wildman–Crippen MR) is 177 cm³/mol. The third kappa shape index (κ3) is 6.99. The summed E-state index contributed by atoms with van der Waals surface area (Å²) in [5.74, 6) is -1.10. The van der Waals surface area contributed by atoms with E-state index < -0.39 is 64.4 Å². The van der Waals surface area contributed by atoms with Gasteiger partial charge in [-0.05, 0) is 79.3 Å². The number of hydrogen-bond acceptors (Lipinski definition) is 8. The topological polar surface area (TPSA) is 134 Å². The predicted octanol–water partition coefficient (Wildman–Crippen LogP) is 5.65. The zero-order valence-electron chi connectivity index (χ0n) is 29.9. The quantitative estimate of drug-likeness (QED) is 0.276. The smallest absolute Gasteiger partial charge is 0.337 e. The highest BCUT2D eigenvalue weighted by molar-refractivity contribution is 5.91. The molecule has 45 heavy (non-hydrogen) atoms. The largest absolute Gasteiger partial charge is 0.465 e. The summed E-state index contributed by atoms with van der Waals surface area (Å²) in [5.41, 5.74) is -3.30. The van der Waals surface area contributed by atoms with Gasteiger partial charge < -0.3 is 29.9 Å². The van der Waals surface area contributed by atoms with Gasteiger partial charge in [-0.3, -0.25) is 0 Å². The van der Waals surface area contributed by atoms with Crippen LogP contribution in [0.3, 0.4) is 0 Å². The van der Waals surface area contributed by atoms with Crippen LogP contribution in [-0.2, 0) is 36.7 Å². The lowest BCUT2D eigenvalue weighted by Crippen LogP contribution is -2.57. The molecule has 0 saturated heterocycles. The zero-order chi connectivity index (χ0) is 35.1. The van der Waals surface area contributed by atoms with Crippen molar-refractivity contribution < 1.29 is 39.5 Å². The molecular formula is C37H56O8. The molecule has 4 N–H and O–H groups in total. The first-order valence-corrected chi connectivity index (χ1v) is 15.4. The first-order valence-electron chi connectivity index (χ1n) is 15.4. The minimum absolute atomic E-state index is 0.286. The van der Waals surface area contributed by atoms with Crippen molar-refractivity contribution in [1.29, 1.82) is 0 Å². The normalized spacial score (nSPS) is 13.6. The van der Waals surface area contributed by atoms with Crippen LogP contribution in [-0.4, -0.2) is 66.4 Å². The summed E-state index contributed by atoms with van der Waals surface area (Å²) in [5, 5.41) is 47.3. The highest BCUT2D eigenvalue weighted by Gasteiger charge is 2.58. The van der Waals surface area contributed by atoms with Crippen molar-refractivity contribution in [3.8, 4) is 0 Å². The molecule has 0 aliphatic carbocycles. The molecule has 0 spiro atoms. The van der Waals surface area contributed by atoms with Crippen LogP contribution in [0.25, 0.3) is 0 Å². The van der Waals surface area contributed by atoms with E-state index in [4.69, 9.17) is 9.47 Å². The second-order valence-electron chi connectivity index (χ2n) is 16.3. The van der Waals surface area contributed by atoms with Gasteiger partial charge in [0.25, 0.3) is 0 Å². The van der Waals surface area contributed by atoms with E-state index in [9.17, 15) is 30.0 Å². The van der Waals surface area contributed by atoms with E-state index in [2.05, 4.69) is 0 Å². The highest BCUT2D eigenvalue weighted by atomic mass is 16.5. The number of aliphatic hydroxyl groups excluding tert-OH is 3. The number of ether oxygens (including phenoxy) is 2. The van der Waals surface area contributed by atoms with Gasteiger partial charge in [0.2, 0.25) is 0 Å². The molecule has 0 aliphatic heterocycles. The number of rotatable bonds is 8. The number of carbonyl (C=O) groups is 2. The van der Waals surface area contributed by atoms with Crippen molar-refractivity contribution in [1.82, 2.24) is 0 Å². The summed E-state index contributed by atoms with van der Waals surface area (Å²) in [6, 6.07) is 6.76. The minimum Gasteiger partial charge on any atom is -0.465 e. The molecule has 0 unspecified atom stereocenters. The Bertz CT molecular complexity index is 1230. The fraction of sp³-hybridized carbons (Fsp3) is 0.622. The fourth-order valence-corrected chi connectivity index (χ4v) is 6.05. The van der Waals surface area contributed by atoms with Crippen molar-refractivity contribution in [3.05, 3.63) is 68.8 Å². The van der Waals surface area contributed by atoms with E-state index >= 15 is 0 Å². The maximum atomic E-state index is 13.9. The second-order valence-corrected chi connectivity index (χ2v) is 16.3. The molecule has 2 aromatic rings. The van der Waals surface area contributed by atoms with Crippen LogP contribution in [0.15, 0.2) is 24.3 Å². The average Bonchev–Trinajstić information content (AvgIpc) is 2.93. The van der Waals surface area contributed by atoms with Crippen molar-refractivity contribution in [3.63, 3.8) is 0 Å². The van der Waals surface area contributed by atoms with E-state index in [1.54, 1.807) is 24.3 Å². The number of benzene rings is 2. The molecule has 2 aromatic carbocycles. The van der Waals surface area contributed by atoms with Crippen LogP contribution in [0.4, 0.5) is 0 Å². The minimum atomic E-state index is -2.26. The van der Waals surface area contributed by atoms with Crippen LogP contribution < -0.4 is 0 Å². The van der Waals surface area contributed by atoms with Crippen LogP contribution >= 0.6 is 0 Å². The van der Waals surface area contributed by atoms with Gasteiger partial charge in [-0.2, -0.15) is 0 Å². The molecule has 252 valence electrons. The Balaban J connectivity index is 3.66. The van der Waals surface area contributed by atoms with E-state index in [0.717, 1.165) is 0 Å². The van der Waals surface area contributed by atoms with Gasteiger partial charge in [-0.25, -0.2) is 9.59 Å². The summed E-state index contributed by atoms with van der Waals surface area (Å²) < 4.78 is 10.2. The van der Waals surface area contributed by atoms with Crippen molar-refractivity contribution in [2.45, 2.75) is 110 Å². The molecule has 2 rings (SSSR count). The molecule has 0 heterocycles. The van der Waals surface area contributed by atoms with E-state index in [0.29, 0.717) is 33.4 Å². The van der Waals surface area contributed by atoms with Crippen LogP contribution in [0, 0.1) is 5.41 Å². The molecule has 0 amide bonds. The van der Waals surface area contributed by atoms with Crippen molar-refractivity contribution in [2.24, 2.45) is 5.41 Å². The number of carbonyl (C=O) groups excluding carboxylic acids is 2. The van der Waals surface area contributed by atoms with Crippen LogP contribution in [0.5, 0.6) is 0 Å². The van der Waals surface area contributed by atoms with Gasteiger partial charge >= 0.3 is 11.9 Å². The third-order valence-electron chi connectivity index (χ3n) is 8.75. The average molecular weight is 629 g/mol. The molecule has 8 heteroatoms. The molecule has 8 nitrogen and oxygen atoms in total. The van der Waals surface area contributed by atoms with Gasteiger partial charge in [0, 0.05) is 0 Å². The second kappa shape index (κ2) is 12.8. The Labute approximate surface area is 269 Å². The Kier molecular flexibility index (Phi) is 10.9. The summed E-state index contributed by atoms with van der Waals surface area (Å²) in [6.45, 7) is 21.1. The molecule has 0 fully saturated rings. The molecule has 0 radical (unpaired) electrons. The van der Waals surface area contributed by atoms with Crippen molar-refractivity contribution in [2.75, 3.05) is 34.0 Å². The summed E-state index contributed by atoms with van der Waals surface area (Å²) in [4.78, 5) is 26.0. The number of esters is 2. The zero-order valence-corrected chi connectivity index (χ0v) is 29.9. The molecule has 0 aliphatic rings. The Morgan fingerprint density at radius 3 is 0.911 bits per heavy atom. The number of aliphatic hydroxyl groups is 4. The molecular weight excluding hydrogens is 572 g/mol. The maximum absolute atomic E-state index is 13.9.